The fourth-order valence-electron chi connectivity index (χ4n) is 5.77. The average Bonchev–Trinajstić information content (AvgIpc) is 3.59. The van der Waals surface area contributed by atoms with Crippen molar-refractivity contribution >= 4 is 47.7 Å². The zero-order valence-corrected chi connectivity index (χ0v) is 25.4. The average molecular weight is 588 g/mol. The molecule has 2 amide bonds. The molecular formula is C33H38N4O6. The van der Waals surface area contributed by atoms with Gasteiger partial charge in [0.1, 0.15) is 0 Å². The molecule has 226 valence electrons. The number of aromatic amines is 2. The molecular weight excluding hydrogens is 549 g/mol. The molecule has 43 heavy (non-hydrogen) atoms. The summed E-state index contributed by atoms with van der Waals surface area (Å²) in [4.78, 5) is 58.8. The van der Waals surface area contributed by atoms with E-state index in [4.69, 9.17) is 0 Å². The smallest absolute Gasteiger partial charge is 0.303 e. The number of hydrogen-bond donors (Lipinski definition) is 5. The van der Waals surface area contributed by atoms with Crippen molar-refractivity contribution in [3.8, 4) is 0 Å². The van der Waals surface area contributed by atoms with Crippen LogP contribution >= 0.6 is 0 Å². The van der Waals surface area contributed by atoms with Gasteiger partial charge in [0.05, 0.1) is 11.6 Å². The summed E-state index contributed by atoms with van der Waals surface area (Å²) < 4.78 is 0. The summed E-state index contributed by atoms with van der Waals surface area (Å²) in [7, 11) is 0. The Morgan fingerprint density at radius 1 is 0.884 bits per heavy atom. The van der Waals surface area contributed by atoms with Crippen LogP contribution in [0.25, 0.3) is 18.2 Å². The number of nitrogens with one attached hydrogen (secondary N) is 3. The maximum absolute atomic E-state index is 12.3. The van der Waals surface area contributed by atoms with Crippen molar-refractivity contribution in [3.05, 3.63) is 72.8 Å². The van der Waals surface area contributed by atoms with Gasteiger partial charge in [-0.05, 0) is 106 Å². The number of carboxylic acids is 2. The monoisotopic (exact) mass is 587 g/mol. The summed E-state index contributed by atoms with van der Waals surface area (Å²) in [5.74, 6) is -2.44. The van der Waals surface area contributed by atoms with Crippen molar-refractivity contribution < 1.29 is 29.4 Å². The normalized spacial score (nSPS) is 19.8. The van der Waals surface area contributed by atoms with Crippen molar-refractivity contribution in [3.63, 3.8) is 0 Å². The number of carbonyl (C=O) groups is 4. The second-order valence-electron chi connectivity index (χ2n) is 11.0. The van der Waals surface area contributed by atoms with Gasteiger partial charge in [0.25, 0.3) is 5.91 Å². The van der Waals surface area contributed by atoms with E-state index in [1.165, 1.54) is 0 Å². The van der Waals surface area contributed by atoms with Crippen LogP contribution in [0, 0.1) is 19.8 Å². The molecule has 2 aromatic rings. The Hall–Kier alpha value is -4.73. The Kier molecular flexibility index (Phi) is 9.18. The molecule has 10 nitrogen and oxygen atoms in total. The van der Waals surface area contributed by atoms with E-state index in [1.807, 2.05) is 65.8 Å². The fraction of sp³-hybridized carbons (Fsp3) is 0.364. The minimum Gasteiger partial charge on any atom is -0.481 e. The Morgan fingerprint density at radius 2 is 1.53 bits per heavy atom. The van der Waals surface area contributed by atoms with Crippen LogP contribution in [0.5, 0.6) is 0 Å². The van der Waals surface area contributed by atoms with E-state index in [-0.39, 0.29) is 43.4 Å². The maximum atomic E-state index is 12.3. The highest BCUT2D eigenvalue weighted by Gasteiger charge is 2.29. The third kappa shape index (κ3) is 6.38. The van der Waals surface area contributed by atoms with Crippen LogP contribution in [-0.2, 0) is 32.0 Å². The molecule has 4 heterocycles. The van der Waals surface area contributed by atoms with Crippen LogP contribution in [0.1, 0.15) is 80.6 Å². The highest BCUT2D eigenvalue weighted by atomic mass is 16.4. The van der Waals surface area contributed by atoms with Crippen LogP contribution in [0.4, 0.5) is 0 Å². The molecule has 0 spiro atoms. The van der Waals surface area contributed by atoms with E-state index in [0.717, 1.165) is 39.1 Å². The number of allylic oxidation sites excluding steroid dienone is 3. The molecule has 0 radical (unpaired) electrons. The zero-order chi connectivity index (χ0) is 31.6. The highest BCUT2D eigenvalue weighted by molar-refractivity contribution is 6.30. The van der Waals surface area contributed by atoms with Gasteiger partial charge in [-0.1, -0.05) is 13.0 Å². The minimum absolute atomic E-state index is 0.0721. The van der Waals surface area contributed by atoms with Gasteiger partial charge in [-0.2, -0.15) is 0 Å². The summed E-state index contributed by atoms with van der Waals surface area (Å²) in [5, 5.41) is 23.2. The number of rotatable bonds is 10. The molecule has 0 aromatic carbocycles. The molecule has 2 aliphatic heterocycles. The summed E-state index contributed by atoms with van der Waals surface area (Å²) in [6, 6.07) is 0. The molecule has 10 heteroatoms. The Balaban J connectivity index is 1.91. The van der Waals surface area contributed by atoms with Gasteiger partial charge in [-0.3, -0.25) is 19.2 Å². The Labute approximate surface area is 249 Å². The molecule has 0 saturated carbocycles. The topological polar surface area (TPSA) is 165 Å². The molecule has 5 N–H and O–H groups in total. The first-order valence-corrected chi connectivity index (χ1v) is 14.4. The predicted octanol–water partition coefficient (Wildman–Crippen LogP) is 3.36. The molecule has 1 unspecified atom stereocenters. The van der Waals surface area contributed by atoms with Gasteiger partial charge >= 0.3 is 11.9 Å². The number of H-pyrrole nitrogens is 2. The number of carbonyl (C=O) groups excluding carboxylic acids is 2. The van der Waals surface area contributed by atoms with E-state index in [2.05, 4.69) is 20.3 Å². The molecule has 1 saturated heterocycles. The van der Waals surface area contributed by atoms with Gasteiger partial charge in [-0.25, -0.2) is 4.99 Å². The number of aromatic nitrogens is 2. The molecule has 1 fully saturated rings. The summed E-state index contributed by atoms with van der Waals surface area (Å²) in [6.45, 7) is 11.3. The van der Waals surface area contributed by atoms with E-state index in [1.54, 1.807) is 0 Å². The van der Waals surface area contributed by atoms with Crippen molar-refractivity contribution in [2.45, 2.75) is 73.6 Å². The van der Waals surface area contributed by atoms with Crippen molar-refractivity contribution in [2.24, 2.45) is 10.9 Å². The zero-order valence-electron chi connectivity index (χ0n) is 25.4. The molecule has 1 atom stereocenters. The van der Waals surface area contributed by atoms with Gasteiger partial charge < -0.3 is 25.5 Å². The number of aliphatic imine (C=N–C) groups is 1. The van der Waals surface area contributed by atoms with Crippen molar-refractivity contribution in [1.82, 2.24) is 15.3 Å². The van der Waals surface area contributed by atoms with E-state index >= 15 is 0 Å². The lowest BCUT2D eigenvalue weighted by Gasteiger charge is -2.03. The Bertz CT molecular complexity index is 1780. The minimum atomic E-state index is -0.923. The number of amides is 2. The van der Waals surface area contributed by atoms with Crippen LogP contribution in [-0.4, -0.2) is 49.6 Å². The van der Waals surface area contributed by atoms with E-state index < -0.39 is 11.9 Å². The quantitative estimate of drug-likeness (QED) is 0.268. The van der Waals surface area contributed by atoms with Gasteiger partial charge in [0, 0.05) is 46.2 Å². The largest absolute Gasteiger partial charge is 0.481 e. The summed E-state index contributed by atoms with van der Waals surface area (Å²) in [5.41, 5.74) is 8.40. The third-order valence-electron chi connectivity index (χ3n) is 8.35. The van der Waals surface area contributed by atoms with Crippen molar-refractivity contribution in [2.75, 3.05) is 0 Å². The van der Waals surface area contributed by atoms with E-state index in [0.29, 0.717) is 39.8 Å². The molecule has 2 aliphatic rings. The van der Waals surface area contributed by atoms with Crippen LogP contribution in [0.3, 0.4) is 0 Å². The first-order chi connectivity index (χ1) is 20.4. The highest BCUT2D eigenvalue weighted by Crippen LogP contribution is 2.29. The van der Waals surface area contributed by atoms with Gasteiger partial charge in [-0.15, -0.1) is 0 Å². The second-order valence-corrected chi connectivity index (χ2v) is 11.0. The lowest BCUT2D eigenvalue weighted by Crippen LogP contribution is -2.16. The standard InChI is InChI=1S/C33H38N4O6/c1-7-20-19(6)32(42)37-27(20)14-25-18(5)23(10-12-31(40)41)29(35-25)15-28-22(9-11-30(38)39)17(4)24(34-28)13-26-16(3)21(8-2)33(43)36-26/h7,13-15,19,34-35H,8-12H2,1-6H3,(H,37,42)(H,38,39)(H,40,41)/b20-7-,24-13+,27-14-,28-15+/i15+1. The molecule has 2 aromatic heterocycles. The van der Waals surface area contributed by atoms with Crippen molar-refractivity contribution in [1.29, 1.82) is 0 Å². The molecule has 0 aliphatic carbocycles. The summed E-state index contributed by atoms with van der Waals surface area (Å²) in [6.07, 6.45) is 8.45. The number of hydrogen-bond acceptors (Lipinski definition) is 4. The first-order valence-electron chi connectivity index (χ1n) is 14.4. The van der Waals surface area contributed by atoms with Crippen LogP contribution in [0.2, 0.25) is 0 Å². The summed E-state index contributed by atoms with van der Waals surface area (Å²) >= 11 is 0. The maximum Gasteiger partial charge on any atom is 0.303 e. The second kappa shape index (κ2) is 12.6. The SMILES string of the molecule is C/C=C1\C(=C\c2[nH]c(/[13CH]=c3/[nH]/c(=C/C4=NC(=O)C(CC)=C4C)c(C)c3CCC(=O)O)c(CCC(=O)O)c2C)NC(=O)C1C. The predicted molar refractivity (Wildman–Crippen MR) is 165 cm³/mol. The number of carboxylic acid groups (broad SMARTS) is 2. The van der Waals surface area contributed by atoms with E-state index in [9.17, 15) is 29.4 Å². The van der Waals surface area contributed by atoms with Crippen LogP contribution in [0.15, 0.2) is 33.5 Å². The third-order valence-corrected chi connectivity index (χ3v) is 8.35. The molecule has 4 rings (SSSR count). The van der Waals surface area contributed by atoms with Gasteiger partial charge in [0.15, 0.2) is 0 Å². The molecule has 0 bridgehead atoms. The number of aliphatic carboxylic acids is 2. The fourth-order valence-corrected chi connectivity index (χ4v) is 5.77. The number of nitrogens with zero attached hydrogens (tertiary/aromatic N) is 1. The Morgan fingerprint density at radius 3 is 2.12 bits per heavy atom. The lowest BCUT2D eigenvalue weighted by atomic mass is 10.0. The lowest BCUT2D eigenvalue weighted by molar-refractivity contribution is -0.138. The van der Waals surface area contributed by atoms with Crippen LogP contribution < -0.4 is 16.0 Å². The first kappa shape index (κ1) is 31.2. The van der Waals surface area contributed by atoms with Gasteiger partial charge in [0.2, 0.25) is 5.91 Å².